The maximum absolute atomic E-state index is 11.5. The van der Waals surface area contributed by atoms with Crippen molar-refractivity contribution in [3.8, 4) is 0 Å². The first-order valence-electron chi connectivity index (χ1n) is 5.71. The third kappa shape index (κ3) is 3.08. The summed E-state index contributed by atoms with van der Waals surface area (Å²) in [6.07, 6.45) is 1.83. The molecule has 0 bridgehead atoms. The molecule has 16 heavy (non-hydrogen) atoms. The number of esters is 1. The number of hydrogen-bond donors (Lipinski definition) is 0. The highest BCUT2D eigenvalue weighted by molar-refractivity contribution is 5.87. The topological polar surface area (TPSA) is 52.3 Å². The van der Waals surface area contributed by atoms with E-state index in [1.54, 1.807) is 13.8 Å². The average molecular weight is 225 g/mol. The number of carbonyl (C=O) groups excluding carboxylic acids is 1. The van der Waals surface area contributed by atoms with Crippen LogP contribution in [0.3, 0.4) is 0 Å². The molecule has 4 heteroatoms. The fourth-order valence-corrected chi connectivity index (χ4v) is 1.37. The summed E-state index contributed by atoms with van der Waals surface area (Å²) in [7, 11) is 0. The second-order valence-corrected chi connectivity index (χ2v) is 3.96. The number of hydrogen-bond acceptors (Lipinski definition) is 4. The molecule has 0 fully saturated rings. The summed E-state index contributed by atoms with van der Waals surface area (Å²) < 4.78 is 10.3. The Morgan fingerprint density at radius 3 is 2.75 bits per heavy atom. The van der Waals surface area contributed by atoms with Crippen molar-refractivity contribution in [1.29, 1.82) is 0 Å². The average Bonchev–Trinajstić information content (AvgIpc) is 2.59. The Bertz CT molecular complexity index is 357. The van der Waals surface area contributed by atoms with Gasteiger partial charge in [-0.05, 0) is 19.8 Å². The highest BCUT2D eigenvalue weighted by Gasteiger charge is 2.19. The molecule has 0 aliphatic carbocycles. The Hall–Kier alpha value is -1.32. The molecule has 1 heterocycles. The third-order valence-electron chi connectivity index (χ3n) is 2.52. The van der Waals surface area contributed by atoms with Crippen LogP contribution >= 0.6 is 0 Å². The highest BCUT2D eigenvalue weighted by atomic mass is 16.5. The fourth-order valence-electron chi connectivity index (χ4n) is 1.37. The van der Waals surface area contributed by atoms with Crippen molar-refractivity contribution in [3.63, 3.8) is 0 Å². The molecular formula is C12H19NO3. The molecule has 90 valence electrons. The Morgan fingerprint density at radius 2 is 2.19 bits per heavy atom. The van der Waals surface area contributed by atoms with Gasteiger partial charge in [0.15, 0.2) is 5.89 Å². The number of carbonyl (C=O) groups is 1. The molecular weight excluding hydrogens is 206 g/mol. The van der Waals surface area contributed by atoms with Crippen molar-refractivity contribution >= 4 is 5.97 Å². The van der Waals surface area contributed by atoms with Gasteiger partial charge < -0.3 is 9.15 Å². The number of aryl methyl sites for hydroxylation is 1. The maximum Gasteiger partial charge on any atom is 0.376 e. The standard InChI is InChI=1S/C12H19NO3/c1-5-8(3)7-10-13-9(4)11(16-10)12(14)15-6-2/h8H,5-7H2,1-4H3. The van der Waals surface area contributed by atoms with Gasteiger partial charge in [-0.3, -0.25) is 0 Å². The van der Waals surface area contributed by atoms with Gasteiger partial charge >= 0.3 is 5.97 Å². The Labute approximate surface area is 96.0 Å². The molecule has 1 atom stereocenters. The molecule has 0 saturated heterocycles. The van der Waals surface area contributed by atoms with Gasteiger partial charge in [-0.25, -0.2) is 9.78 Å². The molecule has 1 unspecified atom stereocenters. The van der Waals surface area contributed by atoms with E-state index in [0.29, 0.717) is 24.1 Å². The van der Waals surface area contributed by atoms with Crippen molar-refractivity contribution in [2.75, 3.05) is 6.61 Å². The van der Waals surface area contributed by atoms with E-state index in [0.717, 1.165) is 12.8 Å². The van der Waals surface area contributed by atoms with E-state index < -0.39 is 5.97 Å². The SMILES string of the molecule is CCOC(=O)c1oc(CC(C)CC)nc1C. The van der Waals surface area contributed by atoms with Crippen molar-refractivity contribution in [3.05, 3.63) is 17.3 Å². The van der Waals surface area contributed by atoms with Crippen LogP contribution in [0.25, 0.3) is 0 Å². The van der Waals surface area contributed by atoms with Crippen LogP contribution in [-0.4, -0.2) is 17.6 Å². The van der Waals surface area contributed by atoms with Crippen LogP contribution in [0.1, 0.15) is 49.3 Å². The van der Waals surface area contributed by atoms with Gasteiger partial charge in [0.2, 0.25) is 5.76 Å². The summed E-state index contributed by atoms with van der Waals surface area (Å²) in [5.74, 6) is 0.936. The third-order valence-corrected chi connectivity index (χ3v) is 2.52. The lowest BCUT2D eigenvalue weighted by molar-refractivity contribution is 0.0486. The minimum absolute atomic E-state index is 0.236. The lowest BCUT2D eigenvalue weighted by Crippen LogP contribution is -2.04. The molecule has 0 spiro atoms. The predicted molar refractivity (Wildman–Crippen MR) is 60.4 cm³/mol. The van der Waals surface area contributed by atoms with Crippen LogP contribution in [0, 0.1) is 12.8 Å². The van der Waals surface area contributed by atoms with E-state index in [1.165, 1.54) is 0 Å². The first-order valence-corrected chi connectivity index (χ1v) is 5.71. The smallest absolute Gasteiger partial charge is 0.376 e. The lowest BCUT2D eigenvalue weighted by atomic mass is 10.1. The number of aromatic nitrogens is 1. The van der Waals surface area contributed by atoms with E-state index in [9.17, 15) is 4.79 Å². The molecule has 0 aliphatic rings. The zero-order chi connectivity index (χ0) is 12.1. The molecule has 4 nitrogen and oxygen atoms in total. The zero-order valence-electron chi connectivity index (χ0n) is 10.4. The molecule has 0 amide bonds. The number of nitrogens with zero attached hydrogens (tertiary/aromatic N) is 1. The van der Waals surface area contributed by atoms with Crippen LogP contribution in [-0.2, 0) is 11.2 Å². The van der Waals surface area contributed by atoms with Gasteiger partial charge in [-0.15, -0.1) is 0 Å². The van der Waals surface area contributed by atoms with Gasteiger partial charge in [0.1, 0.15) is 0 Å². The summed E-state index contributed by atoms with van der Waals surface area (Å²) in [6.45, 7) is 8.12. The summed E-state index contributed by atoms with van der Waals surface area (Å²) in [6, 6.07) is 0. The Morgan fingerprint density at radius 1 is 1.50 bits per heavy atom. The molecule has 0 N–H and O–H groups in total. The minimum atomic E-state index is -0.428. The van der Waals surface area contributed by atoms with Gasteiger partial charge in [-0.2, -0.15) is 0 Å². The largest absolute Gasteiger partial charge is 0.460 e. The number of oxazole rings is 1. The molecule has 1 aromatic rings. The van der Waals surface area contributed by atoms with Gasteiger partial charge in [0, 0.05) is 6.42 Å². The summed E-state index contributed by atoms with van der Waals surface area (Å²) in [5, 5.41) is 0. The van der Waals surface area contributed by atoms with E-state index in [4.69, 9.17) is 9.15 Å². The van der Waals surface area contributed by atoms with Crippen LogP contribution in [0.4, 0.5) is 0 Å². The van der Waals surface area contributed by atoms with Gasteiger partial charge in [0.25, 0.3) is 0 Å². The normalized spacial score (nSPS) is 12.5. The first-order chi connectivity index (χ1) is 7.58. The maximum atomic E-state index is 11.5. The monoisotopic (exact) mass is 225 g/mol. The lowest BCUT2D eigenvalue weighted by Gasteiger charge is -2.03. The predicted octanol–water partition coefficient (Wildman–Crippen LogP) is 2.75. The zero-order valence-corrected chi connectivity index (χ0v) is 10.4. The highest BCUT2D eigenvalue weighted by Crippen LogP contribution is 2.16. The summed E-state index contributed by atoms with van der Waals surface area (Å²) >= 11 is 0. The van der Waals surface area contributed by atoms with E-state index in [-0.39, 0.29) is 5.76 Å². The van der Waals surface area contributed by atoms with Crippen LogP contribution in [0.5, 0.6) is 0 Å². The van der Waals surface area contributed by atoms with Gasteiger partial charge in [0.05, 0.1) is 12.3 Å². The number of rotatable bonds is 5. The van der Waals surface area contributed by atoms with E-state index in [1.807, 2.05) is 0 Å². The number of ether oxygens (including phenoxy) is 1. The van der Waals surface area contributed by atoms with Crippen LogP contribution in [0.15, 0.2) is 4.42 Å². The molecule has 0 radical (unpaired) electrons. The Balaban J connectivity index is 2.77. The molecule has 1 aromatic heterocycles. The van der Waals surface area contributed by atoms with Gasteiger partial charge in [-0.1, -0.05) is 20.3 Å². The quantitative estimate of drug-likeness (QED) is 0.723. The van der Waals surface area contributed by atoms with E-state index in [2.05, 4.69) is 18.8 Å². The summed E-state index contributed by atoms with van der Waals surface area (Å²) in [5.41, 5.74) is 0.608. The van der Waals surface area contributed by atoms with Crippen LogP contribution in [0.2, 0.25) is 0 Å². The molecule has 0 aromatic carbocycles. The van der Waals surface area contributed by atoms with Crippen LogP contribution < -0.4 is 0 Å². The fraction of sp³-hybridized carbons (Fsp3) is 0.667. The van der Waals surface area contributed by atoms with Crippen molar-refractivity contribution in [2.45, 2.75) is 40.5 Å². The van der Waals surface area contributed by atoms with Crippen molar-refractivity contribution in [1.82, 2.24) is 4.98 Å². The first kappa shape index (κ1) is 12.7. The second kappa shape index (κ2) is 5.68. The molecule has 0 saturated carbocycles. The Kier molecular flexibility index (Phi) is 4.52. The molecule has 1 rings (SSSR count). The van der Waals surface area contributed by atoms with Crippen molar-refractivity contribution in [2.24, 2.45) is 5.92 Å². The van der Waals surface area contributed by atoms with Crippen molar-refractivity contribution < 1.29 is 13.9 Å². The van der Waals surface area contributed by atoms with E-state index >= 15 is 0 Å². The summed E-state index contributed by atoms with van der Waals surface area (Å²) in [4.78, 5) is 15.7. The molecule has 0 aliphatic heterocycles. The minimum Gasteiger partial charge on any atom is -0.460 e. The second-order valence-electron chi connectivity index (χ2n) is 3.96.